The highest BCUT2D eigenvalue weighted by Crippen LogP contribution is 2.31. The van der Waals surface area contributed by atoms with Crippen molar-refractivity contribution in [1.29, 1.82) is 0 Å². The molecule has 0 bridgehead atoms. The Hall–Kier alpha value is -4.03. The predicted octanol–water partition coefficient (Wildman–Crippen LogP) is 3.86. The summed E-state index contributed by atoms with van der Waals surface area (Å²) in [6.45, 7) is 10.7. The highest BCUT2D eigenvalue weighted by atomic mass is 19.1. The fourth-order valence-corrected chi connectivity index (χ4v) is 4.55. The summed E-state index contributed by atoms with van der Waals surface area (Å²) in [6, 6.07) is 10.2. The summed E-state index contributed by atoms with van der Waals surface area (Å²) in [5, 5.41) is 8.45. The van der Waals surface area contributed by atoms with Gasteiger partial charge in [0.05, 0.1) is 17.8 Å². The van der Waals surface area contributed by atoms with E-state index >= 15 is 0 Å². The first-order valence-corrected chi connectivity index (χ1v) is 11.0. The minimum Gasteiger partial charge on any atom is -0.347 e. The Bertz CT molecular complexity index is 1460. The number of rotatable bonds is 4. The van der Waals surface area contributed by atoms with Crippen LogP contribution in [0.25, 0.3) is 32.8 Å². The first kappa shape index (κ1) is 21.8. The highest BCUT2D eigenvalue weighted by Gasteiger charge is 2.26. The molecular weight excluding hydrogens is 433 g/mol. The van der Waals surface area contributed by atoms with E-state index in [1.54, 1.807) is 10.7 Å². The molecule has 4 aromatic rings. The van der Waals surface area contributed by atoms with Crippen LogP contribution in [-0.2, 0) is 7.05 Å². The van der Waals surface area contributed by atoms with Gasteiger partial charge in [-0.05, 0) is 51.2 Å². The van der Waals surface area contributed by atoms with E-state index in [2.05, 4.69) is 25.1 Å². The Kier molecular flexibility index (Phi) is 5.38. The summed E-state index contributed by atoms with van der Waals surface area (Å²) in [7, 11) is 3.89. The molecule has 1 aliphatic rings. The van der Waals surface area contributed by atoms with E-state index in [9.17, 15) is 9.18 Å². The van der Waals surface area contributed by atoms with Gasteiger partial charge in [0.25, 0.3) is 5.91 Å². The number of hydrogen-bond donors (Lipinski definition) is 1. The van der Waals surface area contributed by atoms with Crippen LogP contribution in [0.4, 0.5) is 10.1 Å². The van der Waals surface area contributed by atoms with Gasteiger partial charge in [0, 0.05) is 42.5 Å². The van der Waals surface area contributed by atoms with Crippen LogP contribution in [0.1, 0.15) is 22.6 Å². The van der Waals surface area contributed by atoms with Gasteiger partial charge in [0.1, 0.15) is 17.3 Å². The summed E-state index contributed by atoms with van der Waals surface area (Å²) in [5.74, 6) is -0.439. The van der Waals surface area contributed by atoms with Crippen molar-refractivity contribution in [1.82, 2.24) is 29.5 Å². The van der Waals surface area contributed by atoms with Crippen molar-refractivity contribution in [3.05, 3.63) is 71.2 Å². The SMILES string of the molecule is [C-]#[N+]c1ccc(-c2nc(C(=O)N[C@@H]3CCN(C)C3)c(C)n2-c2ccc3nn(C)cc3c2)cc1F. The number of carbonyl (C=O) groups excluding carboxylic acids is 1. The summed E-state index contributed by atoms with van der Waals surface area (Å²) in [6.07, 6.45) is 2.80. The second-order valence-corrected chi connectivity index (χ2v) is 8.75. The Balaban J connectivity index is 1.63. The molecule has 1 amide bonds. The number of nitrogens with one attached hydrogen (secondary N) is 1. The molecule has 172 valence electrons. The minimum atomic E-state index is -0.623. The second kappa shape index (κ2) is 8.39. The normalized spacial score (nSPS) is 16.1. The van der Waals surface area contributed by atoms with Crippen LogP contribution in [0.3, 0.4) is 0 Å². The van der Waals surface area contributed by atoms with Crippen molar-refractivity contribution in [2.75, 3.05) is 20.1 Å². The van der Waals surface area contributed by atoms with E-state index in [1.165, 1.54) is 12.1 Å². The number of carbonyl (C=O) groups is 1. The lowest BCUT2D eigenvalue weighted by Gasteiger charge is -2.13. The molecule has 2 aromatic carbocycles. The number of likely N-dealkylation sites (tertiary alicyclic amines) is 1. The van der Waals surface area contributed by atoms with E-state index in [0.29, 0.717) is 22.8 Å². The van der Waals surface area contributed by atoms with Gasteiger partial charge in [0.2, 0.25) is 5.69 Å². The van der Waals surface area contributed by atoms with Gasteiger partial charge in [0.15, 0.2) is 0 Å². The molecule has 5 rings (SSSR count). The maximum atomic E-state index is 14.5. The van der Waals surface area contributed by atoms with Crippen molar-refractivity contribution in [2.24, 2.45) is 7.05 Å². The molecular formula is C25H24FN7O. The van der Waals surface area contributed by atoms with Gasteiger partial charge in [-0.15, -0.1) is 0 Å². The van der Waals surface area contributed by atoms with Gasteiger partial charge in [-0.2, -0.15) is 5.10 Å². The standard InChI is InChI=1S/C25H24FN7O/c1-15-23(25(34)28-18-9-10-31(3)14-18)29-24(16-5-7-22(27-2)20(26)12-16)33(15)19-6-8-21-17(11-19)13-32(4)30-21/h5-8,11-13,18H,9-10,14H2,1,3-4H3,(H,28,34)/t18-/m1/s1. The van der Waals surface area contributed by atoms with Gasteiger partial charge in [-0.1, -0.05) is 12.1 Å². The van der Waals surface area contributed by atoms with Gasteiger partial charge < -0.3 is 10.2 Å². The molecule has 1 aliphatic heterocycles. The zero-order valence-electron chi connectivity index (χ0n) is 19.2. The van der Waals surface area contributed by atoms with Crippen molar-refractivity contribution >= 4 is 22.5 Å². The average molecular weight is 458 g/mol. The van der Waals surface area contributed by atoms with E-state index in [1.807, 2.05) is 50.0 Å². The molecule has 0 radical (unpaired) electrons. The topological polar surface area (TPSA) is 72.3 Å². The Labute approximate surface area is 196 Å². The molecule has 2 aromatic heterocycles. The molecule has 1 atom stereocenters. The lowest BCUT2D eigenvalue weighted by molar-refractivity contribution is 0.0933. The number of imidazole rings is 1. The van der Waals surface area contributed by atoms with Crippen molar-refractivity contribution in [3.63, 3.8) is 0 Å². The quantitative estimate of drug-likeness (QED) is 0.473. The number of likely N-dealkylation sites (N-methyl/N-ethyl adjacent to an activating group) is 1. The molecule has 34 heavy (non-hydrogen) atoms. The lowest BCUT2D eigenvalue weighted by Crippen LogP contribution is -2.37. The molecule has 1 N–H and O–H groups in total. The number of benzene rings is 2. The fourth-order valence-electron chi connectivity index (χ4n) is 4.55. The van der Waals surface area contributed by atoms with Crippen LogP contribution < -0.4 is 5.32 Å². The number of hydrogen-bond acceptors (Lipinski definition) is 4. The minimum absolute atomic E-state index is 0.0568. The van der Waals surface area contributed by atoms with E-state index in [-0.39, 0.29) is 17.6 Å². The summed E-state index contributed by atoms with van der Waals surface area (Å²) in [4.78, 5) is 23.3. The molecule has 0 spiro atoms. The smallest absolute Gasteiger partial charge is 0.272 e. The summed E-state index contributed by atoms with van der Waals surface area (Å²) >= 11 is 0. The molecule has 3 heterocycles. The Morgan fingerprint density at radius 3 is 2.76 bits per heavy atom. The van der Waals surface area contributed by atoms with Crippen molar-refractivity contribution in [2.45, 2.75) is 19.4 Å². The van der Waals surface area contributed by atoms with E-state index in [0.717, 1.165) is 36.1 Å². The first-order chi connectivity index (χ1) is 16.3. The Morgan fingerprint density at radius 2 is 2.06 bits per heavy atom. The molecule has 8 nitrogen and oxygen atoms in total. The summed E-state index contributed by atoms with van der Waals surface area (Å²) < 4.78 is 18.1. The van der Waals surface area contributed by atoms with Crippen LogP contribution in [0.2, 0.25) is 0 Å². The molecule has 0 saturated carbocycles. The number of aromatic nitrogens is 4. The maximum Gasteiger partial charge on any atom is 0.272 e. The summed E-state index contributed by atoms with van der Waals surface area (Å²) in [5.41, 5.74) is 3.01. The predicted molar refractivity (Wildman–Crippen MR) is 128 cm³/mol. The van der Waals surface area contributed by atoms with Gasteiger partial charge in [-0.25, -0.2) is 14.2 Å². The van der Waals surface area contributed by atoms with Crippen LogP contribution in [-0.4, -0.2) is 56.3 Å². The average Bonchev–Trinajstić information content (AvgIpc) is 3.48. The number of halogens is 1. The van der Waals surface area contributed by atoms with Crippen molar-refractivity contribution in [3.8, 4) is 17.1 Å². The van der Waals surface area contributed by atoms with Crippen LogP contribution in [0.5, 0.6) is 0 Å². The third-order valence-electron chi connectivity index (χ3n) is 6.24. The lowest BCUT2D eigenvalue weighted by atomic mass is 10.1. The van der Waals surface area contributed by atoms with Gasteiger partial charge >= 0.3 is 0 Å². The third kappa shape index (κ3) is 3.82. The number of nitrogens with zero attached hydrogens (tertiary/aromatic N) is 6. The number of amides is 1. The van der Waals surface area contributed by atoms with E-state index in [4.69, 9.17) is 6.57 Å². The molecule has 1 saturated heterocycles. The molecule has 0 aliphatic carbocycles. The largest absolute Gasteiger partial charge is 0.347 e. The van der Waals surface area contributed by atoms with Gasteiger partial charge in [-0.3, -0.25) is 14.0 Å². The number of aryl methyl sites for hydroxylation is 1. The second-order valence-electron chi connectivity index (χ2n) is 8.75. The third-order valence-corrected chi connectivity index (χ3v) is 6.24. The maximum absolute atomic E-state index is 14.5. The zero-order valence-corrected chi connectivity index (χ0v) is 19.2. The Morgan fingerprint density at radius 1 is 1.24 bits per heavy atom. The highest BCUT2D eigenvalue weighted by molar-refractivity contribution is 5.95. The zero-order chi connectivity index (χ0) is 24.0. The van der Waals surface area contributed by atoms with Crippen LogP contribution in [0, 0.1) is 19.3 Å². The molecule has 0 unspecified atom stereocenters. The van der Waals surface area contributed by atoms with Crippen molar-refractivity contribution < 1.29 is 9.18 Å². The monoisotopic (exact) mass is 457 g/mol. The molecule has 1 fully saturated rings. The molecule has 9 heteroatoms. The van der Waals surface area contributed by atoms with Crippen LogP contribution >= 0.6 is 0 Å². The number of fused-ring (bicyclic) bond motifs is 1. The van der Waals surface area contributed by atoms with E-state index < -0.39 is 5.82 Å². The van der Waals surface area contributed by atoms with Crippen LogP contribution in [0.15, 0.2) is 42.6 Å². The fraction of sp³-hybridized carbons (Fsp3) is 0.280. The first-order valence-electron chi connectivity index (χ1n) is 11.0.